The molecule has 3 atom stereocenters. The van der Waals surface area contributed by atoms with Crippen LogP contribution in [0, 0.1) is 0 Å². The Morgan fingerprint density at radius 1 is 1.32 bits per heavy atom. The maximum absolute atomic E-state index is 12.6. The smallest absolute Gasteiger partial charge is 0.408 e. The molecule has 0 bridgehead atoms. The van der Waals surface area contributed by atoms with Crippen LogP contribution < -0.4 is 11.1 Å². The van der Waals surface area contributed by atoms with Gasteiger partial charge in [-0.25, -0.2) is 13.2 Å². The molecule has 2 rings (SSSR count). The highest BCUT2D eigenvalue weighted by atomic mass is 35.5. The van der Waals surface area contributed by atoms with Crippen molar-refractivity contribution in [2.24, 2.45) is 5.73 Å². The molecule has 1 aromatic carbocycles. The van der Waals surface area contributed by atoms with E-state index < -0.39 is 38.2 Å². The predicted octanol–water partition coefficient (Wildman–Crippen LogP) is 2.46. The molecule has 1 saturated carbocycles. The van der Waals surface area contributed by atoms with Gasteiger partial charge >= 0.3 is 6.09 Å². The third-order valence-corrected chi connectivity index (χ3v) is 6.87. The summed E-state index contributed by atoms with van der Waals surface area (Å²) in [7, 11) is -3.42. The lowest BCUT2D eigenvalue weighted by atomic mass is 10.1. The van der Waals surface area contributed by atoms with E-state index in [2.05, 4.69) is 5.32 Å². The van der Waals surface area contributed by atoms with Gasteiger partial charge < -0.3 is 15.8 Å². The highest BCUT2D eigenvalue weighted by molar-refractivity contribution is 7.92. The number of amides is 1. The summed E-state index contributed by atoms with van der Waals surface area (Å²) in [6, 6.07) is 6.91. The molecule has 1 amide bonds. The van der Waals surface area contributed by atoms with Crippen molar-refractivity contribution in [1.82, 2.24) is 5.32 Å². The van der Waals surface area contributed by atoms with Gasteiger partial charge in [0.15, 0.2) is 9.84 Å². The van der Waals surface area contributed by atoms with Gasteiger partial charge in [0, 0.05) is 23.2 Å². The lowest BCUT2D eigenvalue weighted by molar-refractivity contribution is 0.0497. The van der Waals surface area contributed by atoms with Crippen molar-refractivity contribution in [2.75, 3.05) is 12.3 Å². The molecule has 1 aliphatic rings. The normalized spacial score (nSPS) is 26.2. The fraction of sp³-hybridized carbons (Fsp3) is 0.588. The maximum Gasteiger partial charge on any atom is 0.408 e. The largest absolute Gasteiger partial charge is 0.444 e. The van der Waals surface area contributed by atoms with Gasteiger partial charge in [-0.05, 0) is 38.5 Å². The highest BCUT2D eigenvalue weighted by Gasteiger charge is 2.71. The van der Waals surface area contributed by atoms with Crippen molar-refractivity contribution in [2.45, 2.75) is 50.0 Å². The van der Waals surface area contributed by atoms with Crippen molar-refractivity contribution in [3.8, 4) is 0 Å². The number of benzene rings is 1. The Balaban J connectivity index is 2.38. The molecule has 3 N–H and O–H groups in total. The SMILES string of the molecule is CCS(=O)(=O)[C@@H]1[C@@H](c2ccc(Cl)cc2)[C@]1(CN)NC(=O)OC(C)(C)C. The van der Waals surface area contributed by atoms with Crippen LogP contribution in [0.25, 0.3) is 0 Å². The third-order valence-electron chi connectivity index (χ3n) is 4.35. The molecule has 1 aliphatic carbocycles. The average molecular weight is 389 g/mol. The predicted molar refractivity (Wildman–Crippen MR) is 98.6 cm³/mol. The van der Waals surface area contributed by atoms with Crippen LogP contribution in [0.3, 0.4) is 0 Å². The number of halogens is 1. The van der Waals surface area contributed by atoms with Gasteiger partial charge in [0.2, 0.25) is 0 Å². The number of carbonyl (C=O) groups excluding carboxylic acids is 1. The van der Waals surface area contributed by atoms with E-state index in [1.165, 1.54) is 0 Å². The molecule has 1 aromatic rings. The summed E-state index contributed by atoms with van der Waals surface area (Å²) in [5.74, 6) is -0.466. The molecule has 0 unspecified atom stereocenters. The summed E-state index contributed by atoms with van der Waals surface area (Å²) in [5, 5.41) is 2.49. The second kappa shape index (κ2) is 6.78. The van der Waals surface area contributed by atoms with Crippen molar-refractivity contribution in [1.29, 1.82) is 0 Å². The first-order valence-corrected chi connectivity index (χ1v) is 10.2. The minimum absolute atomic E-state index is 0.0105. The second-order valence-electron chi connectivity index (χ2n) is 7.27. The number of nitrogens with two attached hydrogens (primary N) is 1. The van der Waals surface area contributed by atoms with Crippen molar-refractivity contribution in [3.05, 3.63) is 34.9 Å². The van der Waals surface area contributed by atoms with E-state index >= 15 is 0 Å². The first kappa shape index (κ1) is 20.0. The van der Waals surface area contributed by atoms with E-state index in [0.717, 1.165) is 5.56 Å². The van der Waals surface area contributed by atoms with Crippen LogP contribution in [-0.2, 0) is 14.6 Å². The van der Waals surface area contributed by atoms with Gasteiger partial charge in [-0.3, -0.25) is 0 Å². The summed E-state index contributed by atoms with van der Waals surface area (Å²) in [6.45, 7) is 6.80. The van der Waals surface area contributed by atoms with Crippen LogP contribution in [0.5, 0.6) is 0 Å². The fourth-order valence-electron chi connectivity index (χ4n) is 3.19. The number of hydrogen-bond acceptors (Lipinski definition) is 5. The molecule has 0 heterocycles. The number of sulfone groups is 1. The summed E-state index contributed by atoms with van der Waals surface area (Å²) in [5.41, 5.74) is 4.92. The molecule has 0 spiro atoms. The van der Waals surface area contributed by atoms with Gasteiger partial charge in [0.05, 0.1) is 10.8 Å². The molecule has 8 heteroatoms. The zero-order valence-electron chi connectivity index (χ0n) is 14.9. The number of rotatable bonds is 5. The van der Waals surface area contributed by atoms with Crippen LogP contribution >= 0.6 is 11.6 Å². The topological polar surface area (TPSA) is 98.5 Å². The first-order chi connectivity index (χ1) is 11.5. The van der Waals surface area contributed by atoms with Crippen LogP contribution in [0.4, 0.5) is 4.79 Å². The molecule has 0 saturated heterocycles. The lowest BCUT2D eigenvalue weighted by Gasteiger charge is -2.24. The van der Waals surface area contributed by atoms with Crippen LogP contribution in [0.1, 0.15) is 39.2 Å². The van der Waals surface area contributed by atoms with E-state index in [1.54, 1.807) is 52.0 Å². The quantitative estimate of drug-likeness (QED) is 0.807. The zero-order chi connectivity index (χ0) is 19.0. The summed E-state index contributed by atoms with van der Waals surface area (Å²) in [4.78, 5) is 12.3. The number of ether oxygens (including phenoxy) is 1. The Bertz CT molecular complexity index is 743. The molecule has 25 heavy (non-hydrogen) atoms. The van der Waals surface area contributed by atoms with Crippen LogP contribution in [0.15, 0.2) is 24.3 Å². The number of alkyl carbamates (subject to hydrolysis) is 1. The average Bonchev–Trinajstić information content (AvgIpc) is 3.15. The van der Waals surface area contributed by atoms with E-state index in [4.69, 9.17) is 22.1 Å². The Morgan fingerprint density at radius 3 is 2.32 bits per heavy atom. The Labute approximate surface area is 154 Å². The van der Waals surface area contributed by atoms with Gasteiger partial charge in [0.25, 0.3) is 0 Å². The van der Waals surface area contributed by atoms with Gasteiger partial charge in [-0.15, -0.1) is 0 Å². The van der Waals surface area contributed by atoms with E-state index in [9.17, 15) is 13.2 Å². The van der Waals surface area contributed by atoms with Gasteiger partial charge in [-0.2, -0.15) is 0 Å². The highest BCUT2D eigenvalue weighted by Crippen LogP contribution is 2.55. The standard InChI is InChI=1S/C17H25ClN2O4S/c1-5-25(22,23)14-13(11-6-8-12(18)9-7-11)17(14,10-19)20-15(21)24-16(2,3)4/h6-9,13-14H,5,10,19H2,1-4H3,(H,20,21)/t13-,14-,17+/m1/s1. The summed E-state index contributed by atoms with van der Waals surface area (Å²) >= 11 is 5.92. The van der Waals surface area contributed by atoms with Crippen LogP contribution in [0.2, 0.25) is 5.02 Å². The van der Waals surface area contributed by atoms with Crippen molar-refractivity contribution in [3.63, 3.8) is 0 Å². The minimum atomic E-state index is -3.42. The van der Waals surface area contributed by atoms with E-state index in [1.807, 2.05) is 0 Å². The van der Waals surface area contributed by atoms with Gasteiger partial charge in [0.1, 0.15) is 5.60 Å². The Kier molecular flexibility index (Phi) is 5.42. The zero-order valence-corrected chi connectivity index (χ0v) is 16.4. The van der Waals surface area contributed by atoms with Gasteiger partial charge in [-0.1, -0.05) is 30.7 Å². The number of hydrogen-bond donors (Lipinski definition) is 2. The molecule has 0 radical (unpaired) electrons. The molecular formula is C17H25ClN2O4S. The maximum atomic E-state index is 12.6. The summed E-state index contributed by atoms with van der Waals surface area (Å²) < 4.78 is 30.5. The third kappa shape index (κ3) is 4.10. The monoisotopic (exact) mass is 388 g/mol. The molecule has 6 nitrogen and oxygen atoms in total. The fourth-order valence-corrected chi connectivity index (χ4v) is 5.35. The number of carbonyl (C=O) groups is 1. The Hall–Kier alpha value is -1.31. The molecule has 0 aliphatic heterocycles. The molecular weight excluding hydrogens is 364 g/mol. The van der Waals surface area contributed by atoms with Crippen molar-refractivity contribution < 1.29 is 17.9 Å². The van der Waals surface area contributed by atoms with Crippen LogP contribution in [-0.4, -0.2) is 43.2 Å². The second-order valence-corrected chi connectivity index (χ2v) is 10.1. The van der Waals surface area contributed by atoms with Crippen molar-refractivity contribution >= 4 is 27.5 Å². The lowest BCUT2D eigenvalue weighted by Crippen LogP contribution is -2.49. The number of nitrogens with one attached hydrogen (secondary N) is 1. The molecule has 0 aromatic heterocycles. The van der Waals surface area contributed by atoms with E-state index in [0.29, 0.717) is 5.02 Å². The molecule has 140 valence electrons. The first-order valence-electron chi connectivity index (χ1n) is 8.15. The molecule has 1 fully saturated rings. The Morgan fingerprint density at radius 2 is 1.88 bits per heavy atom. The summed E-state index contributed by atoms with van der Waals surface area (Å²) in [6.07, 6.45) is -0.675. The van der Waals surface area contributed by atoms with E-state index in [-0.39, 0.29) is 12.3 Å². The minimum Gasteiger partial charge on any atom is -0.444 e.